The highest BCUT2D eigenvalue weighted by molar-refractivity contribution is 5.80. The molecule has 10 rings (SSSR count). The zero-order valence-electron chi connectivity index (χ0n) is 49.1. The summed E-state index contributed by atoms with van der Waals surface area (Å²) >= 11 is 0. The molecular formula is C58H94O26. The smallest absolute Gasteiger partial charge is 0.317 e. The van der Waals surface area contributed by atoms with Crippen LogP contribution in [0, 0.1) is 50.7 Å². The lowest BCUT2D eigenvalue weighted by molar-refractivity contribution is -0.364. The summed E-state index contributed by atoms with van der Waals surface area (Å²) in [5.74, 6) is -0.968. The number of esters is 1. The van der Waals surface area contributed by atoms with Gasteiger partial charge in [-0.15, -0.1) is 0 Å². The van der Waals surface area contributed by atoms with E-state index in [1.165, 1.54) is 13.8 Å². The Morgan fingerprint density at radius 2 is 1.15 bits per heavy atom. The minimum Gasteiger partial charge on any atom is -0.432 e. The molecule has 10 aliphatic rings. The van der Waals surface area contributed by atoms with Gasteiger partial charge in [0.05, 0.1) is 44.2 Å². The highest BCUT2D eigenvalue weighted by Gasteiger charge is 2.69. The first-order chi connectivity index (χ1) is 39.3. The van der Waals surface area contributed by atoms with Gasteiger partial charge in [-0.25, -0.2) is 0 Å². The second-order valence-electron chi connectivity index (χ2n) is 28.1. The molecule has 0 spiro atoms. The Kier molecular flexibility index (Phi) is 18.7. The Labute approximate surface area is 488 Å². The molecule has 0 amide bonds. The number of ether oxygens (including phenoxy) is 10. The summed E-state index contributed by atoms with van der Waals surface area (Å²) in [6, 6.07) is 0. The van der Waals surface area contributed by atoms with Gasteiger partial charge in [0.2, 0.25) is 6.29 Å². The summed E-state index contributed by atoms with van der Waals surface area (Å²) in [5.41, 5.74) is -1.95. The standard InChI is InChI=1S/C58H94O26/c1-22-34(62)38(66)42(70)49(77-22)82-46-29(19-59)79-48(45(73)41(46)69)76-21-30-37(65)40(68)44(72)51(80-30)84-53(74)58-16-15-54(3,4)17-27(58)26-10-9-24-25(57(26,8)18-32(58)61)11-12-31-55(5,6)33(13-14-56(24,31)7)81-52-47(36(64)28(60)20-75-52)83-50-43(71)39(67)35(63)23(2)78-50/h10,22-25,27-52,59-73H,9,11-21H2,1-8H3/t22-,23-,24-,25+,27-,28-,29+,30+,31-,32+,33-,34-,35-,36-,37+,38+,39+,40-,41+,42+,43+,44+,45+,46+,47+,48+,49-,50-,51-,52-,56+,57-,58+/m0/s1. The fraction of sp³-hybridized carbons (Fsp3) is 0.948. The third-order valence-electron chi connectivity index (χ3n) is 22.3. The van der Waals surface area contributed by atoms with Gasteiger partial charge < -0.3 is 124 Å². The Balaban J connectivity index is 0.825. The van der Waals surface area contributed by atoms with Crippen LogP contribution < -0.4 is 0 Å². The van der Waals surface area contributed by atoms with E-state index in [0.717, 1.165) is 24.8 Å². The zero-order valence-corrected chi connectivity index (χ0v) is 49.1. The minimum atomic E-state index is -1.96. The number of allylic oxidation sites excluding steroid dienone is 2. The molecule has 5 saturated heterocycles. The average molecular weight is 1210 g/mol. The normalized spacial score (nSPS) is 54.6. The average Bonchev–Trinajstić information content (AvgIpc) is 1.42. The fourth-order valence-electron chi connectivity index (χ4n) is 17.1. The van der Waals surface area contributed by atoms with Crippen LogP contribution in [0.4, 0.5) is 0 Å². The second kappa shape index (κ2) is 24.1. The Hall–Kier alpha value is -1.75. The predicted molar refractivity (Wildman–Crippen MR) is 283 cm³/mol. The molecule has 0 bridgehead atoms. The highest BCUT2D eigenvalue weighted by atomic mass is 16.8. The van der Waals surface area contributed by atoms with Gasteiger partial charge in [0.25, 0.3) is 0 Å². The SMILES string of the molecule is C[C@@H]1O[C@@H](O[C@H]2[C@H](O[C@H]3CC[C@]4(C)[C@H]5CC=C6[C@@H]7CC(C)(C)CC[C@]7(C(=O)O[C@@H]7O[C@H](CO[C@@H]8O[C@H](CO)[C@@H](O[C@@H]9O[C@@H](C)[C@H](O)[C@@H](O)[C@H]9O)[C@H](O)[C@H]8O)[C@@H](O)[C@H](O)[C@H]7O)[C@H](O)C[C@@]6(C)[C@@H]5CC[C@H]4C3(C)C)OC[C@H](O)[C@@H]2O)[C@H](O)[C@H](O)[C@H]1O. The molecule has 0 aromatic heterocycles. The van der Waals surface area contributed by atoms with Gasteiger partial charge in [0.1, 0.15) is 109 Å². The van der Waals surface area contributed by atoms with Crippen LogP contribution in [0.5, 0.6) is 0 Å². The van der Waals surface area contributed by atoms with Gasteiger partial charge in [0.15, 0.2) is 25.2 Å². The van der Waals surface area contributed by atoms with E-state index < -0.39 is 201 Å². The monoisotopic (exact) mass is 1210 g/mol. The van der Waals surface area contributed by atoms with E-state index >= 15 is 4.79 Å². The summed E-state index contributed by atoms with van der Waals surface area (Å²) in [7, 11) is 0. The van der Waals surface area contributed by atoms with Crippen molar-refractivity contribution in [2.24, 2.45) is 50.7 Å². The number of hydrogen-bond acceptors (Lipinski definition) is 26. The van der Waals surface area contributed by atoms with Gasteiger partial charge in [-0.1, -0.05) is 53.2 Å². The number of hydrogen-bond donors (Lipinski definition) is 15. The lowest BCUT2D eigenvalue weighted by Crippen LogP contribution is -2.66. The molecule has 0 aromatic rings. The highest BCUT2D eigenvalue weighted by Crippen LogP contribution is 2.72. The summed E-state index contributed by atoms with van der Waals surface area (Å²) in [6.07, 6.45) is -31.8. The first-order valence-electron chi connectivity index (χ1n) is 30.2. The van der Waals surface area contributed by atoms with Crippen LogP contribution >= 0.6 is 0 Å². The summed E-state index contributed by atoms with van der Waals surface area (Å²) in [5, 5.41) is 163. The van der Waals surface area contributed by atoms with Crippen LogP contribution in [0.25, 0.3) is 0 Å². The van der Waals surface area contributed by atoms with Gasteiger partial charge in [-0.05, 0) is 117 Å². The van der Waals surface area contributed by atoms with E-state index in [1.54, 1.807) is 0 Å². The third-order valence-corrected chi connectivity index (χ3v) is 22.3. The van der Waals surface area contributed by atoms with Crippen LogP contribution in [0.3, 0.4) is 0 Å². The van der Waals surface area contributed by atoms with Crippen molar-refractivity contribution in [3.05, 3.63) is 11.6 Å². The minimum absolute atomic E-state index is 0.0985. The first kappa shape index (κ1) is 65.2. The predicted octanol–water partition coefficient (Wildman–Crippen LogP) is -2.94. The molecular weight excluding hydrogens is 1110 g/mol. The molecule has 84 heavy (non-hydrogen) atoms. The number of fused-ring (bicyclic) bond motifs is 7. The van der Waals surface area contributed by atoms with Crippen LogP contribution in [0.1, 0.15) is 113 Å². The van der Waals surface area contributed by atoms with E-state index in [2.05, 4.69) is 47.6 Å². The molecule has 15 N–H and O–H groups in total. The lowest BCUT2D eigenvalue weighted by atomic mass is 9.37. The molecule has 0 unspecified atom stereocenters. The number of rotatable bonds is 12. The molecule has 9 fully saturated rings. The number of aliphatic hydroxyl groups excluding tert-OH is 15. The van der Waals surface area contributed by atoms with Gasteiger partial charge >= 0.3 is 5.97 Å². The summed E-state index contributed by atoms with van der Waals surface area (Å²) in [4.78, 5) is 15.2. The summed E-state index contributed by atoms with van der Waals surface area (Å²) < 4.78 is 59.3. The number of carbonyl (C=O) groups excluding carboxylic acids is 1. The van der Waals surface area contributed by atoms with Crippen molar-refractivity contribution < 1.29 is 129 Å². The molecule has 0 radical (unpaired) electrons. The van der Waals surface area contributed by atoms with E-state index in [-0.39, 0.29) is 48.0 Å². The molecule has 5 aliphatic heterocycles. The lowest BCUT2D eigenvalue weighted by Gasteiger charge is -2.68. The van der Waals surface area contributed by atoms with Crippen molar-refractivity contribution in [2.75, 3.05) is 19.8 Å². The van der Waals surface area contributed by atoms with Crippen LogP contribution in [-0.4, -0.2) is 262 Å². The van der Waals surface area contributed by atoms with E-state index in [4.69, 9.17) is 47.4 Å². The van der Waals surface area contributed by atoms with Gasteiger partial charge in [0, 0.05) is 0 Å². The zero-order chi connectivity index (χ0) is 61.2. The second-order valence-corrected chi connectivity index (χ2v) is 28.1. The topological polar surface area (TPSA) is 413 Å². The van der Waals surface area contributed by atoms with Crippen molar-refractivity contribution in [1.82, 2.24) is 0 Å². The maximum absolute atomic E-state index is 15.2. The maximum Gasteiger partial charge on any atom is 0.317 e. The molecule has 4 saturated carbocycles. The van der Waals surface area contributed by atoms with Crippen LogP contribution in [0.2, 0.25) is 0 Å². The van der Waals surface area contributed by atoms with Crippen molar-refractivity contribution in [1.29, 1.82) is 0 Å². The van der Waals surface area contributed by atoms with Crippen molar-refractivity contribution >= 4 is 5.97 Å². The molecule has 5 aliphatic carbocycles. The van der Waals surface area contributed by atoms with E-state index in [1.807, 2.05) is 0 Å². The van der Waals surface area contributed by atoms with Crippen molar-refractivity contribution in [3.8, 4) is 0 Å². The third kappa shape index (κ3) is 11.1. The van der Waals surface area contributed by atoms with Gasteiger partial charge in [-0.3, -0.25) is 4.79 Å². The van der Waals surface area contributed by atoms with Gasteiger partial charge in [-0.2, -0.15) is 0 Å². The number of carbonyl (C=O) groups is 1. The van der Waals surface area contributed by atoms with E-state index in [0.29, 0.717) is 25.7 Å². The molecule has 5 heterocycles. The van der Waals surface area contributed by atoms with Crippen LogP contribution in [0.15, 0.2) is 11.6 Å². The molecule has 0 aromatic carbocycles. The number of aliphatic hydroxyl groups is 15. The van der Waals surface area contributed by atoms with Crippen molar-refractivity contribution in [2.45, 2.75) is 273 Å². The molecule has 26 nitrogen and oxygen atoms in total. The molecule has 26 heteroatoms. The maximum atomic E-state index is 15.2. The van der Waals surface area contributed by atoms with Crippen LogP contribution in [-0.2, 0) is 52.2 Å². The largest absolute Gasteiger partial charge is 0.432 e. The summed E-state index contributed by atoms with van der Waals surface area (Å²) in [6.45, 7) is 14.3. The van der Waals surface area contributed by atoms with Crippen molar-refractivity contribution in [3.63, 3.8) is 0 Å². The molecule has 33 atom stereocenters. The first-order valence-corrected chi connectivity index (χ1v) is 30.2. The fourth-order valence-corrected chi connectivity index (χ4v) is 17.1. The Morgan fingerprint density at radius 3 is 1.79 bits per heavy atom. The molecule has 482 valence electrons. The Bertz CT molecular complexity index is 2330. The van der Waals surface area contributed by atoms with E-state index in [9.17, 15) is 76.6 Å². The quantitative estimate of drug-likeness (QED) is 0.0528. The Morgan fingerprint density at radius 1 is 0.571 bits per heavy atom.